The van der Waals surface area contributed by atoms with E-state index in [1.807, 2.05) is 6.92 Å². The van der Waals surface area contributed by atoms with Crippen LogP contribution in [-0.2, 0) is 0 Å². The molecule has 2 aromatic carbocycles. The standard InChI is InChI=1S/C15H15FN2O2/c1-10-7-12(16)9-13(8-10)17-11(2)14-5-3-4-6-15(14)18(19)20/h3-9,11,17H,1-2H3. The first-order valence-corrected chi connectivity index (χ1v) is 6.24. The highest BCUT2D eigenvalue weighted by Gasteiger charge is 2.18. The molecule has 1 atom stereocenters. The van der Waals surface area contributed by atoms with Crippen molar-refractivity contribution in [2.24, 2.45) is 0 Å². The van der Waals surface area contributed by atoms with Crippen molar-refractivity contribution in [1.82, 2.24) is 0 Å². The molecule has 0 radical (unpaired) electrons. The topological polar surface area (TPSA) is 55.2 Å². The molecule has 0 fully saturated rings. The Morgan fingerprint density at radius 3 is 2.60 bits per heavy atom. The lowest BCUT2D eigenvalue weighted by Crippen LogP contribution is -2.09. The zero-order valence-corrected chi connectivity index (χ0v) is 11.3. The number of nitro groups is 1. The minimum Gasteiger partial charge on any atom is -0.378 e. The number of nitrogens with zero attached hydrogens (tertiary/aromatic N) is 1. The first-order valence-electron chi connectivity index (χ1n) is 6.24. The van der Waals surface area contributed by atoms with Crippen molar-refractivity contribution < 1.29 is 9.31 Å². The number of rotatable bonds is 4. The van der Waals surface area contributed by atoms with Crippen LogP contribution in [0.2, 0.25) is 0 Å². The largest absolute Gasteiger partial charge is 0.378 e. The van der Waals surface area contributed by atoms with Gasteiger partial charge >= 0.3 is 0 Å². The van der Waals surface area contributed by atoms with E-state index in [4.69, 9.17) is 0 Å². The van der Waals surface area contributed by atoms with Gasteiger partial charge in [0.2, 0.25) is 0 Å². The monoisotopic (exact) mass is 274 g/mol. The summed E-state index contributed by atoms with van der Waals surface area (Å²) in [6, 6.07) is 10.8. The van der Waals surface area contributed by atoms with Crippen molar-refractivity contribution in [2.45, 2.75) is 19.9 Å². The normalized spacial score (nSPS) is 11.9. The first kappa shape index (κ1) is 14.0. The molecule has 1 unspecified atom stereocenters. The van der Waals surface area contributed by atoms with Crippen LogP contribution < -0.4 is 5.32 Å². The van der Waals surface area contributed by atoms with E-state index in [2.05, 4.69) is 5.32 Å². The van der Waals surface area contributed by atoms with Gasteiger partial charge in [-0.15, -0.1) is 0 Å². The van der Waals surface area contributed by atoms with Crippen LogP contribution in [0.4, 0.5) is 15.8 Å². The van der Waals surface area contributed by atoms with Crippen molar-refractivity contribution in [3.05, 3.63) is 69.5 Å². The molecule has 0 aliphatic heterocycles. The molecule has 1 N–H and O–H groups in total. The second-order valence-corrected chi connectivity index (χ2v) is 4.70. The summed E-state index contributed by atoms with van der Waals surface area (Å²) >= 11 is 0. The highest BCUT2D eigenvalue weighted by atomic mass is 19.1. The average Bonchev–Trinajstić information content (AvgIpc) is 2.37. The average molecular weight is 274 g/mol. The Balaban J connectivity index is 2.28. The van der Waals surface area contributed by atoms with E-state index in [-0.39, 0.29) is 17.5 Å². The number of anilines is 1. The van der Waals surface area contributed by atoms with Crippen LogP contribution in [0.5, 0.6) is 0 Å². The van der Waals surface area contributed by atoms with Crippen LogP contribution in [0.15, 0.2) is 42.5 Å². The van der Waals surface area contributed by atoms with Gasteiger partial charge in [0.1, 0.15) is 5.82 Å². The maximum atomic E-state index is 13.3. The Bertz CT molecular complexity index is 623. The number of benzene rings is 2. The lowest BCUT2D eigenvalue weighted by molar-refractivity contribution is -0.385. The molecule has 2 aromatic rings. The number of nitrogens with one attached hydrogen (secondary N) is 1. The predicted molar refractivity (Wildman–Crippen MR) is 76.3 cm³/mol. The second-order valence-electron chi connectivity index (χ2n) is 4.70. The number of aryl methyl sites for hydroxylation is 1. The Labute approximate surface area is 116 Å². The van der Waals surface area contributed by atoms with Crippen LogP contribution in [0, 0.1) is 22.9 Å². The van der Waals surface area contributed by atoms with Gasteiger partial charge in [-0.1, -0.05) is 18.2 Å². The van der Waals surface area contributed by atoms with Gasteiger partial charge in [-0.25, -0.2) is 4.39 Å². The van der Waals surface area contributed by atoms with E-state index in [0.29, 0.717) is 11.3 Å². The summed E-state index contributed by atoms with van der Waals surface area (Å²) < 4.78 is 13.3. The Morgan fingerprint density at radius 1 is 1.25 bits per heavy atom. The molecule has 0 aliphatic carbocycles. The second kappa shape index (κ2) is 5.69. The fraction of sp³-hybridized carbons (Fsp3) is 0.200. The highest BCUT2D eigenvalue weighted by molar-refractivity contribution is 5.51. The van der Waals surface area contributed by atoms with Crippen molar-refractivity contribution >= 4 is 11.4 Å². The summed E-state index contributed by atoms with van der Waals surface area (Å²) in [6.45, 7) is 3.60. The van der Waals surface area contributed by atoms with E-state index in [9.17, 15) is 14.5 Å². The summed E-state index contributed by atoms with van der Waals surface area (Å²) in [5, 5.41) is 14.1. The van der Waals surface area contributed by atoms with Gasteiger partial charge < -0.3 is 5.32 Å². The fourth-order valence-electron chi connectivity index (χ4n) is 2.17. The Morgan fingerprint density at radius 2 is 1.95 bits per heavy atom. The summed E-state index contributed by atoms with van der Waals surface area (Å²) in [7, 11) is 0. The summed E-state index contributed by atoms with van der Waals surface area (Å²) in [5.74, 6) is -0.331. The highest BCUT2D eigenvalue weighted by Crippen LogP contribution is 2.27. The third kappa shape index (κ3) is 3.12. The molecule has 5 heteroatoms. The number of halogens is 1. The van der Waals surface area contributed by atoms with Crippen LogP contribution >= 0.6 is 0 Å². The van der Waals surface area contributed by atoms with E-state index < -0.39 is 4.92 Å². The molecule has 20 heavy (non-hydrogen) atoms. The van der Waals surface area contributed by atoms with Gasteiger partial charge in [-0.3, -0.25) is 10.1 Å². The molecule has 0 aliphatic rings. The van der Waals surface area contributed by atoms with E-state index >= 15 is 0 Å². The van der Waals surface area contributed by atoms with Crippen LogP contribution in [0.3, 0.4) is 0 Å². The van der Waals surface area contributed by atoms with E-state index in [1.54, 1.807) is 31.2 Å². The molecular weight excluding hydrogens is 259 g/mol. The van der Waals surface area contributed by atoms with E-state index in [1.165, 1.54) is 18.2 Å². The SMILES string of the molecule is Cc1cc(F)cc(NC(C)c2ccccc2[N+](=O)[O-])c1. The lowest BCUT2D eigenvalue weighted by Gasteiger charge is -2.16. The maximum Gasteiger partial charge on any atom is 0.274 e. The van der Waals surface area contributed by atoms with Crippen molar-refractivity contribution in [3.63, 3.8) is 0 Å². The molecule has 0 amide bonds. The number of hydrogen-bond donors (Lipinski definition) is 1. The van der Waals surface area contributed by atoms with Crippen LogP contribution in [-0.4, -0.2) is 4.92 Å². The molecule has 0 heterocycles. The zero-order valence-electron chi connectivity index (χ0n) is 11.3. The summed E-state index contributed by atoms with van der Waals surface area (Å²) in [6.07, 6.45) is 0. The van der Waals surface area contributed by atoms with Crippen molar-refractivity contribution in [2.75, 3.05) is 5.32 Å². The van der Waals surface area contributed by atoms with Gasteiger partial charge in [-0.05, 0) is 37.6 Å². The molecular formula is C15H15FN2O2. The fourth-order valence-corrected chi connectivity index (χ4v) is 2.17. The maximum absolute atomic E-state index is 13.3. The first-order chi connectivity index (χ1) is 9.47. The molecule has 0 spiro atoms. The molecule has 0 saturated heterocycles. The molecule has 0 aromatic heterocycles. The Hall–Kier alpha value is -2.43. The number of para-hydroxylation sites is 1. The minimum absolute atomic E-state index is 0.0561. The zero-order chi connectivity index (χ0) is 14.7. The molecule has 0 saturated carbocycles. The summed E-state index contributed by atoms with van der Waals surface area (Å²) in [5.41, 5.74) is 2.02. The van der Waals surface area contributed by atoms with E-state index in [0.717, 1.165) is 5.56 Å². The van der Waals surface area contributed by atoms with Crippen molar-refractivity contribution in [1.29, 1.82) is 0 Å². The Kier molecular flexibility index (Phi) is 3.98. The number of hydrogen-bond acceptors (Lipinski definition) is 3. The molecule has 104 valence electrons. The third-order valence-corrected chi connectivity index (χ3v) is 3.03. The van der Waals surface area contributed by atoms with Crippen LogP contribution in [0.1, 0.15) is 24.1 Å². The smallest absolute Gasteiger partial charge is 0.274 e. The van der Waals surface area contributed by atoms with Gasteiger partial charge in [0.05, 0.1) is 16.5 Å². The van der Waals surface area contributed by atoms with Gasteiger partial charge in [0.25, 0.3) is 5.69 Å². The van der Waals surface area contributed by atoms with Gasteiger partial charge in [0, 0.05) is 11.8 Å². The molecule has 4 nitrogen and oxygen atoms in total. The molecule has 0 bridgehead atoms. The minimum atomic E-state index is -0.412. The predicted octanol–water partition coefficient (Wildman–Crippen LogP) is 4.22. The van der Waals surface area contributed by atoms with Gasteiger partial charge in [0.15, 0.2) is 0 Å². The van der Waals surface area contributed by atoms with Gasteiger partial charge in [-0.2, -0.15) is 0 Å². The van der Waals surface area contributed by atoms with Crippen molar-refractivity contribution in [3.8, 4) is 0 Å². The number of nitro benzene ring substituents is 1. The summed E-state index contributed by atoms with van der Waals surface area (Å²) in [4.78, 5) is 10.6. The lowest BCUT2D eigenvalue weighted by atomic mass is 10.1. The quantitative estimate of drug-likeness (QED) is 0.671. The van der Waals surface area contributed by atoms with Crippen LogP contribution in [0.25, 0.3) is 0 Å². The third-order valence-electron chi connectivity index (χ3n) is 3.03. The molecule has 2 rings (SSSR count).